The summed E-state index contributed by atoms with van der Waals surface area (Å²) in [6, 6.07) is 7.96. The van der Waals surface area contributed by atoms with Crippen LogP contribution in [0.15, 0.2) is 24.3 Å². The fourth-order valence-electron chi connectivity index (χ4n) is 4.66. The van der Waals surface area contributed by atoms with Crippen molar-refractivity contribution >= 4 is 11.6 Å². The molecule has 5 nitrogen and oxygen atoms in total. The smallest absolute Gasteiger partial charge is 0.227 e. The molecule has 1 aliphatic heterocycles. The average Bonchev–Trinajstić information content (AvgIpc) is 3.09. The highest BCUT2D eigenvalue weighted by Gasteiger charge is 2.40. The normalized spacial score (nSPS) is 34.5. The lowest BCUT2D eigenvalue weighted by Crippen LogP contribution is -2.48. The Kier molecular flexibility index (Phi) is 4.95. The number of carbonyl (C=O) groups is 1. The Hall–Kier alpha value is -1.59. The number of amides is 1. The molecule has 3 unspecified atom stereocenters. The maximum Gasteiger partial charge on any atom is 0.227 e. The van der Waals surface area contributed by atoms with Crippen LogP contribution < -0.4 is 15.8 Å². The topological polar surface area (TPSA) is 73.6 Å². The van der Waals surface area contributed by atoms with E-state index >= 15 is 0 Å². The average molecular weight is 344 g/mol. The summed E-state index contributed by atoms with van der Waals surface area (Å²) in [6.07, 6.45) is 6.58. The van der Waals surface area contributed by atoms with Gasteiger partial charge in [0, 0.05) is 24.1 Å². The van der Waals surface area contributed by atoms with Crippen molar-refractivity contribution in [3.05, 3.63) is 24.3 Å². The third kappa shape index (κ3) is 3.82. The van der Waals surface area contributed by atoms with Gasteiger partial charge in [0.1, 0.15) is 11.9 Å². The molecule has 1 heterocycles. The second kappa shape index (κ2) is 7.34. The SMILES string of the molecule is NC1C2CCCC1CC(C(=O)Nc1ccc(OC3CCOC3)cc1)C2. The zero-order valence-corrected chi connectivity index (χ0v) is 14.7. The van der Waals surface area contributed by atoms with Crippen LogP contribution in [-0.2, 0) is 9.53 Å². The van der Waals surface area contributed by atoms with E-state index in [0.29, 0.717) is 24.5 Å². The fraction of sp³-hybridized carbons (Fsp3) is 0.650. The Balaban J connectivity index is 1.33. The van der Waals surface area contributed by atoms with Gasteiger partial charge in [-0.25, -0.2) is 0 Å². The zero-order chi connectivity index (χ0) is 17.2. The lowest BCUT2D eigenvalue weighted by atomic mass is 9.65. The molecule has 0 spiro atoms. The van der Waals surface area contributed by atoms with E-state index in [2.05, 4.69) is 5.32 Å². The maximum absolute atomic E-state index is 12.7. The standard InChI is InChI=1S/C20H28N2O3/c21-19-13-2-1-3-14(19)11-15(10-13)20(23)22-16-4-6-17(7-5-16)25-18-8-9-24-12-18/h4-7,13-15,18-19H,1-3,8-12,21H2,(H,22,23). The van der Waals surface area contributed by atoms with Gasteiger partial charge in [0.25, 0.3) is 0 Å². The van der Waals surface area contributed by atoms with Gasteiger partial charge in [-0.05, 0) is 61.8 Å². The highest BCUT2D eigenvalue weighted by Crippen LogP contribution is 2.42. The molecule has 1 aromatic carbocycles. The summed E-state index contributed by atoms with van der Waals surface area (Å²) in [5, 5.41) is 3.08. The minimum atomic E-state index is 0.0988. The molecule has 0 aromatic heterocycles. The second-order valence-corrected chi connectivity index (χ2v) is 7.81. The van der Waals surface area contributed by atoms with Crippen LogP contribution in [0.25, 0.3) is 0 Å². The number of anilines is 1. The molecule has 0 radical (unpaired) electrons. The van der Waals surface area contributed by atoms with Gasteiger partial charge >= 0.3 is 0 Å². The van der Waals surface area contributed by atoms with Crippen molar-refractivity contribution in [2.75, 3.05) is 18.5 Å². The molecule has 25 heavy (non-hydrogen) atoms. The van der Waals surface area contributed by atoms with Crippen LogP contribution in [0.5, 0.6) is 5.75 Å². The first-order chi connectivity index (χ1) is 12.2. The molecule has 4 rings (SSSR count). The third-order valence-electron chi connectivity index (χ3n) is 6.10. The van der Waals surface area contributed by atoms with Crippen LogP contribution in [0, 0.1) is 17.8 Å². The van der Waals surface area contributed by atoms with Gasteiger partial charge in [-0.3, -0.25) is 4.79 Å². The quantitative estimate of drug-likeness (QED) is 0.881. The van der Waals surface area contributed by atoms with Gasteiger partial charge in [-0.1, -0.05) is 6.42 Å². The van der Waals surface area contributed by atoms with Crippen LogP contribution in [0.4, 0.5) is 5.69 Å². The molecule has 2 aliphatic carbocycles. The van der Waals surface area contributed by atoms with Gasteiger partial charge in [0.2, 0.25) is 5.91 Å². The summed E-state index contributed by atoms with van der Waals surface area (Å²) in [7, 11) is 0. The molecule has 3 atom stereocenters. The summed E-state index contributed by atoms with van der Waals surface area (Å²) < 4.78 is 11.2. The molecule has 5 heteroatoms. The van der Waals surface area contributed by atoms with Crippen LogP contribution in [-0.4, -0.2) is 31.3 Å². The Bertz CT molecular complexity index is 583. The summed E-state index contributed by atoms with van der Waals surface area (Å²) in [4.78, 5) is 12.7. The van der Waals surface area contributed by atoms with Crippen molar-refractivity contribution in [1.82, 2.24) is 0 Å². The van der Waals surface area contributed by atoms with Crippen LogP contribution in [0.2, 0.25) is 0 Å². The van der Waals surface area contributed by atoms with Gasteiger partial charge in [-0.2, -0.15) is 0 Å². The molecule has 1 amide bonds. The fourth-order valence-corrected chi connectivity index (χ4v) is 4.66. The lowest BCUT2D eigenvalue weighted by Gasteiger charge is -2.43. The first kappa shape index (κ1) is 16.9. The number of hydrogen-bond acceptors (Lipinski definition) is 4. The van der Waals surface area contributed by atoms with E-state index in [9.17, 15) is 4.79 Å². The molecule has 136 valence electrons. The van der Waals surface area contributed by atoms with E-state index in [1.165, 1.54) is 19.3 Å². The van der Waals surface area contributed by atoms with E-state index in [1.54, 1.807) is 0 Å². The van der Waals surface area contributed by atoms with Gasteiger partial charge in [0.05, 0.1) is 13.2 Å². The largest absolute Gasteiger partial charge is 0.488 e. The van der Waals surface area contributed by atoms with Gasteiger partial charge < -0.3 is 20.5 Å². The van der Waals surface area contributed by atoms with Crippen molar-refractivity contribution in [3.8, 4) is 5.75 Å². The molecule has 3 fully saturated rings. The zero-order valence-electron chi connectivity index (χ0n) is 14.7. The number of nitrogens with two attached hydrogens (primary N) is 1. The highest BCUT2D eigenvalue weighted by molar-refractivity contribution is 5.92. The van der Waals surface area contributed by atoms with E-state index in [0.717, 1.165) is 37.3 Å². The van der Waals surface area contributed by atoms with E-state index in [4.69, 9.17) is 15.2 Å². The Morgan fingerprint density at radius 1 is 1.12 bits per heavy atom. The van der Waals surface area contributed by atoms with Crippen molar-refractivity contribution < 1.29 is 14.3 Å². The predicted octanol–water partition coefficient (Wildman–Crippen LogP) is 2.95. The van der Waals surface area contributed by atoms with Crippen LogP contribution in [0.1, 0.15) is 38.5 Å². The number of carbonyl (C=O) groups excluding carboxylic acids is 1. The Labute approximate surface area is 149 Å². The lowest BCUT2D eigenvalue weighted by molar-refractivity contribution is -0.122. The first-order valence-corrected chi connectivity index (χ1v) is 9.60. The number of ether oxygens (including phenoxy) is 2. The van der Waals surface area contributed by atoms with Crippen LogP contribution in [0.3, 0.4) is 0 Å². The summed E-state index contributed by atoms with van der Waals surface area (Å²) in [6.45, 7) is 1.43. The number of benzene rings is 1. The Morgan fingerprint density at radius 3 is 2.48 bits per heavy atom. The first-order valence-electron chi connectivity index (χ1n) is 9.60. The second-order valence-electron chi connectivity index (χ2n) is 7.81. The van der Waals surface area contributed by atoms with Gasteiger partial charge in [-0.15, -0.1) is 0 Å². The molecule has 2 saturated carbocycles. The Morgan fingerprint density at radius 2 is 1.84 bits per heavy atom. The van der Waals surface area contributed by atoms with E-state index in [1.807, 2.05) is 24.3 Å². The van der Waals surface area contributed by atoms with Crippen molar-refractivity contribution in [3.63, 3.8) is 0 Å². The molecule has 3 N–H and O–H groups in total. The minimum absolute atomic E-state index is 0.0988. The number of hydrogen-bond donors (Lipinski definition) is 2. The molecule has 1 aromatic rings. The monoisotopic (exact) mass is 344 g/mol. The highest BCUT2D eigenvalue weighted by atomic mass is 16.5. The van der Waals surface area contributed by atoms with Crippen molar-refractivity contribution in [2.45, 2.75) is 50.7 Å². The van der Waals surface area contributed by atoms with E-state index in [-0.39, 0.29) is 17.9 Å². The summed E-state index contributed by atoms with van der Waals surface area (Å²) in [5.74, 6) is 2.11. The maximum atomic E-state index is 12.7. The number of nitrogens with one attached hydrogen (secondary N) is 1. The van der Waals surface area contributed by atoms with Crippen LogP contribution >= 0.6 is 0 Å². The molecule has 1 saturated heterocycles. The summed E-state index contributed by atoms with van der Waals surface area (Å²) >= 11 is 0. The van der Waals surface area contributed by atoms with E-state index < -0.39 is 0 Å². The molecular formula is C20H28N2O3. The minimum Gasteiger partial charge on any atom is -0.488 e. The number of fused-ring (bicyclic) bond motifs is 2. The van der Waals surface area contributed by atoms with Crippen molar-refractivity contribution in [1.29, 1.82) is 0 Å². The van der Waals surface area contributed by atoms with Gasteiger partial charge in [0.15, 0.2) is 0 Å². The molecular weight excluding hydrogens is 316 g/mol. The molecule has 3 aliphatic rings. The third-order valence-corrected chi connectivity index (χ3v) is 6.10. The molecule has 2 bridgehead atoms. The number of rotatable bonds is 4. The summed E-state index contributed by atoms with van der Waals surface area (Å²) in [5.41, 5.74) is 7.16. The van der Waals surface area contributed by atoms with Crippen molar-refractivity contribution in [2.24, 2.45) is 23.5 Å². The predicted molar refractivity (Wildman–Crippen MR) is 96.5 cm³/mol.